The van der Waals surface area contributed by atoms with E-state index in [0.29, 0.717) is 0 Å². The van der Waals surface area contributed by atoms with Gasteiger partial charge in [-0.15, -0.1) is 6.58 Å². The third kappa shape index (κ3) is 2.84. The van der Waals surface area contributed by atoms with Crippen LogP contribution in [-0.4, -0.2) is 24.0 Å². The predicted octanol–water partition coefficient (Wildman–Crippen LogP) is 0.00930. The molecule has 0 fully saturated rings. The summed E-state index contributed by atoms with van der Waals surface area (Å²) in [6.07, 6.45) is 1.57. The van der Waals surface area contributed by atoms with Gasteiger partial charge in [-0.25, -0.2) is 0 Å². The highest BCUT2D eigenvalue weighted by molar-refractivity contribution is 5.96. The quantitative estimate of drug-likeness (QED) is 0.446. The highest BCUT2D eigenvalue weighted by Crippen LogP contribution is 2.03. The molecule has 0 aliphatic carbocycles. The van der Waals surface area contributed by atoms with Crippen molar-refractivity contribution in [3.8, 4) is 0 Å². The van der Waals surface area contributed by atoms with Crippen LogP contribution in [0.1, 0.15) is 6.42 Å². The molecular formula is C7H11NO3. The smallest absolute Gasteiger partial charge is 0.316 e. The van der Waals surface area contributed by atoms with Crippen molar-refractivity contribution < 1.29 is 14.7 Å². The molecule has 1 atom stereocenters. The molecule has 0 bridgehead atoms. The summed E-state index contributed by atoms with van der Waals surface area (Å²) in [5.41, 5.74) is 0. The lowest BCUT2D eigenvalue weighted by Crippen LogP contribution is -2.32. The first-order valence-corrected chi connectivity index (χ1v) is 3.18. The fourth-order valence-electron chi connectivity index (χ4n) is 0.661. The standard InChI is InChI=1S/C7H11NO3/c1-3-4-5(7(10)11)6(9)8-2/h3,5H,1,4H2,2H3,(H,8,9)(H,10,11). The average molecular weight is 157 g/mol. The molecule has 1 amide bonds. The van der Waals surface area contributed by atoms with Crippen LogP contribution in [-0.2, 0) is 9.59 Å². The number of hydrogen-bond acceptors (Lipinski definition) is 2. The van der Waals surface area contributed by atoms with Gasteiger partial charge in [0, 0.05) is 7.05 Å². The number of carboxylic acids is 1. The van der Waals surface area contributed by atoms with Gasteiger partial charge < -0.3 is 10.4 Å². The molecular weight excluding hydrogens is 146 g/mol. The second kappa shape index (κ2) is 4.49. The second-order valence-corrected chi connectivity index (χ2v) is 2.03. The summed E-state index contributed by atoms with van der Waals surface area (Å²) in [6.45, 7) is 3.36. The maximum Gasteiger partial charge on any atom is 0.316 e. The van der Waals surface area contributed by atoms with Gasteiger partial charge in [-0.1, -0.05) is 6.08 Å². The monoisotopic (exact) mass is 157 g/mol. The normalized spacial score (nSPS) is 11.7. The van der Waals surface area contributed by atoms with E-state index in [1.54, 1.807) is 0 Å². The molecule has 0 heterocycles. The van der Waals surface area contributed by atoms with Gasteiger partial charge in [0.2, 0.25) is 5.91 Å². The van der Waals surface area contributed by atoms with Gasteiger partial charge in [0.1, 0.15) is 5.92 Å². The molecule has 0 aliphatic rings. The van der Waals surface area contributed by atoms with E-state index in [0.717, 1.165) is 0 Å². The minimum atomic E-state index is -1.12. The van der Waals surface area contributed by atoms with Gasteiger partial charge in [0.05, 0.1) is 0 Å². The number of rotatable bonds is 4. The van der Waals surface area contributed by atoms with Gasteiger partial charge in [-0.05, 0) is 6.42 Å². The van der Waals surface area contributed by atoms with Crippen LogP contribution >= 0.6 is 0 Å². The lowest BCUT2D eigenvalue weighted by Gasteiger charge is -2.06. The van der Waals surface area contributed by atoms with Gasteiger partial charge in [0.15, 0.2) is 0 Å². The average Bonchev–Trinajstić information content (AvgIpc) is 1.98. The van der Waals surface area contributed by atoms with Gasteiger partial charge >= 0.3 is 5.97 Å². The van der Waals surface area contributed by atoms with E-state index in [2.05, 4.69) is 11.9 Å². The van der Waals surface area contributed by atoms with E-state index < -0.39 is 17.8 Å². The number of nitrogens with one attached hydrogen (secondary N) is 1. The number of carboxylic acid groups (broad SMARTS) is 1. The Balaban J connectivity index is 4.20. The number of allylic oxidation sites excluding steroid dienone is 1. The molecule has 0 aromatic rings. The van der Waals surface area contributed by atoms with Gasteiger partial charge in [0.25, 0.3) is 0 Å². The summed E-state index contributed by atoms with van der Waals surface area (Å²) in [4.78, 5) is 21.2. The predicted molar refractivity (Wildman–Crippen MR) is 40.0 cm³/mol. The SMILES string of the molecule is C=CCC(C(=O)O)C(=O)NC. The molecule has 0 spiro atoms. The minimum absolute atomic E-state index is 0.162. The first-order chi connectivity index (χ1) is 5.13. The molecule has 0 aromatic carbocycles. The Morgan fingerprint density at radius 1 is 1.73 bits per heavy atom. The van der Waals surface area contributed by atoms with Crippen LogP contribution in [0.25, 0.3) is 0 Å². The largest absolute Gasteiger partial charge is 0.481 e. The van der Waals surface area contributed by atoms with Crippen molar-refractivity contribution in [2.24, 2.45) is 5.92 Å². The molecule has 1 unspecified atom stereocenters. The van der Waals surface area contributed by atoms with Crippen LogP contribution in [0, 0.1) is 5.92 Å². The van der Waals surface area contributed by atoms with Crippen molar-refractivity contribution in [3.63, 3.8) is 0 Å². The van der Waals surface area contributed by atoms with E-state index in [1.807, 2.05) is 0 Å². The maximum absolute atomic E-state index is 10.8. The third-order valence-electron chi connectivity index (χ3n) is 1.26. The minimum Gasteiger partial charge on any atom is -0.481 e. The molecule has 0 aromatic heterocycles. The lowest BCUT2D eigenvalue weighted by atomic mass is 10.1. The van der Waals surface area contributed by atoms with Gasteiger partial charge in [-0.2, -0.15) is 0 Å². The number of hydrogen-bond donors (Lipinski definition) is 2. The number of aliphatic carboxylic acids is 1. The van der Waals surface area contributed by atoms with Crippen molar-refractivity contribution in [1.82, 2.24) is 5.32 Å². The fourth-order valence-corrected chi connectivity index (χ4v) is 0.661. The summed E-state index contributed by atoms with van der Waals surface area (Å²) in [6, 6.07) is 0. The Morgan fingerprint density at radius 3 is 2.55 bits per heavy atom. The molecule has 0 saturated heterocycles. The van der Waals surface area contributed by atoms with Crippen LogP contribution in [0.5, 0.6) is 0 Å². The van der Waals surface area contributed by atoms with E-state index >= 15 is 0 Å². The molecule has 0 radical (unpaired) electrons. The first kappa shape index (κ1) is 9.68. The summed E-state index contributed by atoms with van der Waals surface area (Å²) in [5.74, 6) is -2.61. The van der Waals surface area contributed by atoms with E-state index in [4.69, 9.17) is 5.11 Å². The van der Waals surface area contributed by atoms with Crippen LogP contribution < -0.4 is 5.32 Å². The van der Waals surface area contributed by atoms with Crippen LogP contribution in [0.4, 0.5) is 0 Å². The molecule has 4 nitrogen and oxygen atoms in total. The Labute approximate surface area is 64.9 Å². The zero-order valence-electron chi connectivity index (χ0n) is 6.33. The van der Waals surface area contributed by atoms with E-state index in [9.17, 15) is 9.59 Å². The van der Waals surface area contributed by atoms with Crippen molar-refractivity contribution in [2.45, 2.75) is 6.42 Å². The number of carbonyl (C=O) groups is 2. The summed E-state index contributed by atoms with van der Waals surface area (Å²) >= 11 is 0. The third-order valence-corrected chi connectivity index (χ3v) is 1.26. The molecule has 11 heavy (non-hydrogen) atoms. The van der Waals surface area contributed by atoms with Crippen molar-refractivity contribution in [2.75, 3.05) is 7.05 Å². The first-order valence-electron chi connectivity index (χ1n) is 3.18. The van der Waals surface area contributed by atoms with Crippen molar-refractivity contribution >= 4 is 11.9 Å². The number of amides is 1. The van der Waals surface area contributed by atoms with Crippen LogP contribution in [0.2, 0.25) is 0 Å². The maximum atomic E-state index is 10.8. The zero-order chi connectivity index (χ0) is 8.85. The molecule has 2 N–H and O–H groups in total. The van der Waals surface area contributed by atoms with Crippen LogP contribution in [0.15, 0.2) is 12.7 Å². The highest BCUT2D eigenvalue weighted by atomic mass is 16.4. The molecule has 4 heteroatoms. The van der Waals surface area contributed by atoms with Gasteiger partial charge in [-0.3, -0.25) is 9.59 Å². The lowest BCUT2D eigenvalue weighted by molar-refractivity contribution is -0.146. The molecule has 62 valence electrons. The Kier molecular flexibility index (Phi) is 3.95. The van der Waals surface area contributed by atoms with E-state index in [1.165, 1.54) is 13.1 Å². The molecule has 0 aliphatic heterocycles. The Bertz CT molecular complexity index is 177. The van der Waals surface area contributed by atoms with Crippen LogP contribution in [0.3, 0.4) is 0 Å². The number of carbonyl (C=O) groups excluding carboxylic acids is 1. The fraction of sp³-hybridized carbons (Fsp3) is 0.429. The molecule has 0 rings (SSSR count). The summed E-state index contributed by atoms with van der Waals surface area (Å²) in [5, 5.41) is 10.8. The van der Waals surface area contributed by atoms with Crippen molar-refractivity contribution in [1.29, 1.82) is 0 Å². The van der Waals surface area contributed by atoms with Crippen molar-refractivity contribution in [3.05, 3.63) is 12.7 Å². The van der Waals surface area contributed by atoms with E-state index in [-0.39, 0.29) is 6.42 Å². The Morgan fingerprint density at radius 2 is 2.27 bits per heavy atom. The summed E-state index contributed by atoms with van der Waals surface area (Å²) in [7, 11) is 1.40. The zero-order valence-corrected chi connectivity index (χ0v) is 6.33. The molecule has 0 saturated carbocycles. The summed E-state index contributed by atoms with van der Waals surface area (Å²) < 4.78 is 0. The Hall–Kier alpha value is -1.32. The topological polar surface area (TPSA) is 66.4 Å². The second-order valence-electron chi connectivity index (χ2n) is 2.03. The highest BCUT2D eigenvalue weighted by Gasteiger charge is 2.22.